The highest BCUT2D eigenvalue weighted by Gasteiger charge is 2.23. The maximum atomic E-state index is 13.0. The van der Waals surface area contributed by atoms with E-state index in [-0.39, 0.29) is 23.8 Å². The first kappa shape index (κ1) is 18.6. The number of aryl methyl sites for hydroxylation is 1. The number of nitrogens with zero attached hydrogens (tertiary/aromatic N) is 2. The van der Waals surface area contributed by atoms with E-state index in [0.29, 0.717) is 22.6 Å². The molecule has 0 saturated heterocycles. The molecule has 0 bridgehead atoms. The van der Waals surface area contributed by atoms with Crippen molar-refractivity contribution in [3.05, 3.63) is 57.0 Å². The largest absolute Gasteiger partial charge is 0.324 e. The Morgan fingerprint density at radius 2 is 2.11 bits per heavy atom. The lowest BCUT2D eigenvalue weighted by atomic mass is 9.89. The molecule has 1 aromatic carbocycles. The molecule has 0 spiro atoms. The molecule has 3 aromatic rings. The number of ketones is 1. The van der Waals surface area contributed by atoms with E-state index in [4.69, 9.17) is 0 Å². The molecule has 1 N–H and O–H groups in total. The topological polar surface area (TPSA) is 81.1 Å². The summed E-state index contributed by atoms with van der Waals surface area (Å²) in [5.74, 6) is 0.125. The van der Waals surface area contributed by atoms with Crippen molar-refractivity contribution in [3.63, 3.8) is 0 Å². The van der Waals surface area contributed by atoms with Gasteiger partial charge in [-0.15, -0.1) is 11.3 Å². The van der Waals surface area contributed by atoms with Gasteiger partial charge in [0.15, 0.2) is 5.78 Å². The molecular weight excluding hydrogens is 374 g/mol. The van der Waals surface area contributed by atoms with Gasteiger partial charge in [-0.3, -0.25) is 19.0 Å². The summed E-state index contributed by atoms with van der Waals surface area (Å²) in [6, 6.07) is 6.83. The van der Waals surface area contributed by atoms with E-state index in [9.17, 15) is 14.4 Å². The number of thiophene rings is 1. The van der Waals surface area contributed by atoms with Crippen LogP contribution in [0.5, 0.6) is 0 Å². The van der Waals surface area contributed by atoms with Crippen LogP contribution in [0.2, 0.25) is 0 Å². The fourth-order valence-electron chi connectivity index (χ4n) is 3.72. The average Bonchev–Trinajstić information content (AvgIpc) is 3.02. The Bertz CT molecular complexity index is 1150. The van der Waals surface area contributed by atoms with Gasteiger partial charge in [0.25, 0.3) is 5.56 Å². The number of benzene rings is 1. The number of nitrogens with one attached hydrogen (secondary N) is 1. The van der Waals surface area contributed by atoms with Crippen LogP contribution in [0.15, 0.2) is 35.4 Å². The minimum Gasteiger partial charge on any atom is -0.324 e. The number of fused-ring (bicyclic) bond motifs is 3. The summed E-state index contributed by atoms with van der Waals surface area (Å²) >= 11 is 1.59. The zero-order valence-corrected chi connectivity index (χ0v) is 16.6. The second kappa shape index (κ2) is 7.31. The van der Waals surface area contributed by atoms with Gasteiger partial charge in [-0.25, -0.2) is 4.98 Å². The van der Waals surface area contributed by atoms with Crippen molar-refractivity contribution in [1.82, 2.24) is 9.55 Å². The maximum absolute atomic E-state index is 13.0. The number of rotatable bonds is 4. The van der Waals surface area contributed by atoms with Crippen LogP contribution in [0.4, 0.5) is 5.69 Å². The fraction of sp³-hybridized carbons (Fsp3) is 0.333. The summed E-state index contributed by atoms with van der Waals surface area (Å²) in [7, 11) is 0. The Labute approximate surface area is 166 Å². The monoisotopic (exact) mass is 395 g/mol. The van der Waals surface area contributed by atoms with E-state index < -0.39 is 0 Å². The van der Waals surface area contributed by atoms with Crippen LogP contribution in [0.1, 0.15) is 41.1 Å². The predicted octanol–water partition coefficient (Wildman–Crippen LogP) is 3.42. The third-order valence-corrected chi connectivity index (χ3v) is 6.34. The number of carbonyl (C=O) groups excluding carboxylic acids is 2. The minimum absolute atomic E-state index is 0.129. The van der Waals surface area contributed by atoms with Crippen molar-refractivity contribution < 1.29 is 9.59 Å². The third kappa shape index (κ3) is 3.38. The van der Waals surface area contributed by atoms with E-state index in [1.54, 1.807) is 35.6 Å². The molecule has 0 aliphatic heterocycles. The maximum Gasteiger partial charge on any atom is 0.262 e. The molecular formula is C21H21N3O3S. The molecule has 2 aromatic heterocycles. The molecule has 4 rings (SSSR count). The molecule has 0 unspecified atom stereocenters. The molecule has 7 heteroatoms. The Morgan fingerprint density at radius 3 is 2.89 bits per heavy atom. The summed E-state index contributed by atoms with van der Waals surface area (Å²) in [4.78, 5) is 43.7. The van der Waals surface area contributed by atoms with Crippen molar-refractivity contribution in [3.8, 4) is 0 Å². The first-order valence-electron chi connectivity index (χ1n) is 9.33. The van der Waals surface area contributed by atoms with E-state index >= 15 is 0 Å². The highest BCUT2D eigenvalue weighted by Crippen LogP contribution is 2.35. The minimum atomic E-state index is -0.366. The molecule has 6 nitrogen and oxygen atoms in total. The van der Waals surface area contributed by atoms with Gasteiger partial charge >= 0.3 is 0 Å². The molecule has 1 atom stereocenters. The van der Waals surface area contributed by atoms with E-state index in [1.807, 2.05) is 0 Å². The Hall–Kier alpha value is -2.80. The smallest absolute Gasteiger partial charge is 0.262 e. The van der Waals surface area contributed by atoms with Gasteiger partial charge in [0, 0.05) is 10.4 Å². The summed E-state index contributed by atoms with van der Waals surface area (Å²) in [6.45, 7) is 3.53. The van der Waals surface area contributed by atoms with Crippen LogP contribution in [0.25, 0.3) is 10.2 Å². The van der Waals surface area contributed by atoms with Crippen LogP contribution < -0.4 is 10.9 Å². The second-order valence-electron chi connectivity index (χ2n) is 7.36. The van der Waals surface area contributed by atoms with Gasteiger partial charge in [0.1, 0.15) is 11.4 Å². The van der Waals surface area contributed by atoms with Crippen molar-refractivity contribution in [2.75, 3.05) is 5.32 Å². The summed E-state index contributed by atoms with van der Waals surface area (Å²) in [6.07, 6.45) is 4.37. The van der Waals surface area contributed by atoms with Crippen LogP contribution in [0, 0.1) is 5.92 Å². The van der Waals surface area contributed by atoms with Crippen molar-refractivity contribution in [1.29, 1.82) is 0 Å². The van der Waals surface area contributed by atoms with Gasteiger partial charge in [-0.1, -0.05) is 19.1 Å². The SMILES string of the molecule is CC(=O)c1ccccc1NC(=O)Cn1cnc2sc3c(c2c1=O)CC[C@H](C)C3. The summed E-state index contributed by atoms with van der Waals surface area (Å²) in [5.41, 5.74) is 1.82. The standard InChI is InChI=1S/C21H21N3O3S/c1-12-7-8-15-17(9-12)28-20-19(15)21(27)24(11-22-20)10-18(26)23-16-6-4-3-5-14(16)13(2)25/h3-6,11-12H,7-10H2,1-2H3,(H,23,26)/t12-/m0/s1. The number of hydrogen-bond donors (Lipinski definition) is 1. The molecule has 144 valence electrons. The van der Waals surface area contributed by atoms with E-state index in [2.05, 4.69) is 17.2 Å². The number of carbonyl (C=O) groups is 2. The highest BCUT2D eigenvalue weighted by molar-refractivity contribution is 7.18. The normalized spacial score (nSPS) is 16.0. The van der Waals surface area contributed by atoms with Crippen LogP contribution in [-0.4, -0.2) is 21.2 Å². The molecule has 1 aliphatic carbocycles. The van der Waals surface area contributed by atoms with Gasteiger partial charge in [0.2, 0.25) is 5.91 Å². The summed E-state index contributed by atoms with van der Waals surface area (Å²) in [5, 5.41) is 3.39. The Kier molecular flexibility index (Phi) is 4.85. The van der Waals surface area contributed by atoms with Gasteiger partial charge in [-0.05, 0) is 49.8 Å². The molecule has 0 fully saturated rings. The summed E-state index contributed by atoms with van der Waals surface area (Å²) < 4.78 is 1.35. The van der Waals surface area contributed by atoms with Gasteiger partial charge in [0.05, 0.1) is 17.4 Å². The Balaban J connectivity index is 1.62. The lowest BCUT2D eigenvalue weighted by molar-refractivity contribution is -0.116. The number of para-hydroxylation sites is 1. The van der Waals surface area contributed by atoms with Crippen molar-refractivity contribution in [2.45, 2.75) is 39.7 Å². The number of aromatic nitrogens is 2. The first-order valence-corrected chi connectivity index (χ1v) is 10.1. The van der Waals surface area contributed by atoms with Crippen LogP contribution >= 0.6 is 11.3 Å². The zero-order valence-electron chi connectivity index (χ0n) is 15.8. The number of anilines is 1. The van der Waals surface area contributed by atoms with E-state index in [0.717, 1.165) is 29.7 Å². The van der Waals surface area contributed by atoms with Crippen LogP contribution in [0.3, 0.4) is 0 Å². The Morgan fingerprint density at radius 1 is 1.32 bits per heavy atom. The lowest BCUT2D eigenvalue weighted by Gasteiger charge is -2.17. The van der Waals surface area contributed by atoms with E-state index in [1.165, 1.54) is 22.7 Å². The van der Waals surface area contributed by atoms with Gasteiger partial charge < -0.3 is 5.32 Å². The molecule has 1 amide bonds. The van der Waals surface area contributed by atoms with Crippen molar-refractivity contribution in [2.24, 2.45) is 5.92 Å². The van der Waals surface area contributed by atoms with Crippen molar-refractivity contribution >= 4 is 38.9 Å². The molecule has 28 heavy (non-hydrogen) atoms. The second-order valence-corrected chi connectivity index (χ2v) is 8.44. The average molecular weight is 395 g/mol. The third-order valence-electron chi connectivity index (χ3n) is 5.18. The van der Waals surface area contributed by atoms with Gasteiger partial charge in [-0.2, -0.15) is 0 Å². The molecule has 0 saturated carbocycles. The zero-order chi connectivity index (χ0) is 19.8. The molecule has 2 heterocycles. The number of Topliss-reactive ketones (excluding diaryl/α,β-unsaturated/α-hetero) is 1. The molecule has 1 aliphatic rings. The fourth-order valence-corrected chi connectivity index (χ4v) is 5.06. The first-order chi connectivity index (χ1) is 13.4. The molecule has 0 radical (unpaired) electrons. The lowest BCUT2D eigenvalue weighted by Crippen LogP contribution is -2.28. The quantitative estimate of drug-likeness (QED) is 0.687. The predicted molar refractivity (Wildman–Crippen MR) is 110 cm³/mol. The number of hydrogen-bond acceptors (Lipinski definition) is 5. The number of amides is 1. The van der Waals surface area contributed by atoms with Crippen LogP contribution in [-0.2, 0) is 24.2 Å². The highest BCUT2D eigenvalue weighted by atomic mass is 32.1.